The van der Waals surface area contributed by atoms with E-state index < -0.39 is 0 Å². The molecular weight excluding hydrogens is 417 g/mol. The zero-order valence-corrected chi connectivity index (χ0v) is 19.7. The number of amides is 1. The Balaban J connectivity index is 1.29. The molecule has 4 rings (SSSR count). The van der Waals surface area contributed by atoms with Crippen molar-refractivity contribution in [3.05, 3.63) is 64.7 Å². The smallest absolute Gasteiger partial charge is 0.225 e. The lowest BCUT2D eigenvalue weighted by molar-refractivity contribution is -0.131. The molecule has 1 amide bonds. The summed E-state index contributed by atoms with van der Waals surface area (Å²) in [5.41, 5.74) is 4.47. The summed E-state index contributed by atoms with van der Waals surface area (Å²) in [6.45, 7) is 8.64. The number of carbonyl (C=O) groups excluding carboxylic acids is 1. The van der Waals surface area contributed by atoms with E-state index >= 15 is 0 Å². The molecule has 1 saturated heterocycles. The largest absolute Gasteiger partial charge is 0.339 e. The summed E-state index contributed by atoms with van der Waals surface area (Å²) in [4.78, 5) is 30.3. The maximum atomic E-state index is 14.0. The van der Waals surface area contributed by atoms with Crippen LogP contribution in [0.1, 0.15) is 49.3 Å². The van der Waals surface area contributed by atoms with Crippen molar-refractivity contribution in [1.82, 2.24) is 14.9 Å². The number of hydrogen-bond donors (Lipinski definition) is 0. The van der Waals surface area contributed by atoms with Gasteiger partial charge in [0.05, 0.1) is 11.8 Å². The fourth-order valence-corrected chi connectivity index (χ4v) is 4.61. The van der Waals surface area contributed by atoms with E-state index in [0.717, 1.165) is 49.6 Å². The predicted molar refractivity (Wildman–Crippen MR) is 129 cm³/mol. The highest BCUT2D eigenvalue weighted by molar-refractivity contribution is 6.11. The van der Waals surface area contributed by atoms with E-state index in [1.165, 1.54) is 5.57 Å². The zero-order chi connectivity index (χ0) is 23.4. The van der Waals surface area contributed by atoms with Crippen molar-refractivity contribution < 1.29 is 9.18 Å². The summed E-state index contributed by atoms with van der Waals surface area (Å²) in [7, 11) is 0. The van der Waals surface area contributed by atoms with Gasteiger partial charge < -0.3 is 9.80 Å². The van der Waals surface area contributed by atoms with Crippen LogP contribution >= 0.6 is 0 Å². The van der Waals surface area contributed by atoms with Gasteiger partial charge in [-0.2, -0.15) is 0 Å². The molecule has 0 saturated carbocycles. The second-order valence-electron chi connectivity index (χ2n) is 8.84. The SMILES string of the molecule is CCC1=CC(c2cc(C)c(F)c(C)c2)=NC1CCCC(=O)N1CCN(c2ncccn2)CC1. The number of aliphatic imine (C=N–C) groups is 1. The Morgan fingerprint density at radius 1 is 1.09 bits per heavy atom. The van der Waals surface area contributed by atoms with Gasteiger partial charge in [0.1, 0.15) is 5.82 Å². The van der Waals surface area contributed by atoms with Gasteiger partial charge in [-0.3, -0.25) is 9.79 Å². The van der Waals surface area contributed by atoms with E-state index in [2.05, 4.69) is 27.9 Å². The number of piperazine rings is 1. The first-order chi connectivity index (χ1) is 16.0. The first kappa shape index (κ1) is 23.1. The van der Waals surface area contributed by atoms with Crippen LogP contribution in [0, 0.1) is 19.7 Å². The lowest BCUT2D eigenvalue weighted by Gasteiger charge is -2.34. The summed E-state index contributed by atoms with van der Waals surface area (Å²) < 4.78 is 14.0. The molecule has 1 aromatic carbocycles. The van der Waals surface area contributed by atoms with Crippen LogP contribution in [0.15, 0.2) is 47.2 Å². The second-order valence-corrected chi connectivity index (χ2v) is 8.84. The molecule has 1 aromatic heterocycles. The van der Waals surface area contributed by atoms with Gasteiger partial charge in [0.15, 0.2) is 0 Å². The molecule has 0 radical (unpaired) electrons. The number of aromatic nitrogens is 2. The van der Waals surface area contributed by atoms with Crippen molar-refractivity contribution in [2.24, 2.45) is 4.99 Å². The zero-order valence-electron chi connectivity index (χ0n) is 19.7. The average Bonchev–Trinajstić information content (AvgIpc) is 3.26. The van der Waals surface area contributed by atoms with Crippen LogP contribution in [0.25, 0.3) is 0 Å². The topological polar surface area (TPSA) is 61.7 Å². The maximum absolute atomic E-state index is 14.0. The highest BCUT2D eigenvalue weighted by atomic mass is 19.1. The Morgan fingerprint density at radius 2 is 1.76 bits per heavy atom. The van der Waals surface area contributed by atoms with Crippen LogP contribution in [-0.2, 0) is 4.79 Å². The Labute approximate surface area is 195 Å². The van der Waals surface area contributed by atoms with Gasteiger partial charge in [-0.1, -0.05) is 6.92 Å². The molecular formula is C26H32FN5O. The minimum Gasteiger partial charge on any atom is -0.339 e. The van der Waals surface area contributed by atoms with Crippen molar-refractivity contribution in [1.29, 1.82) is 0 Å². The molecule has 1 atom stereocenters. The van der Waals surface area contributed by atoms with Crippen molar-refractivity contribution in [2.75, 3.05) is 31.1 Å². The van der Waals surface area contributed by atoms with Crippen LogP contribution in [0.3, 0.4) is 0 Å². The van der Waals surface area contributed by atoms with E-state index in [4.69, 9.17) is 4.99 Å². The summed E-state index contributed by atoms with van der Waals surface area (Å²) in [6.07, 6.45) is 8.75. The third-order valence-electron chi connectivity index (χ3n) is 6.52. The van der Waals surface area contributed by atoms with Gasteiger partial charge in [0.25, 0.3) is 0 Å². The summed E-state index contributed by atoms with van der Waals surface area (Å²) in [5, 5.41) is 0. The molecule has 33 heavy (non-hydrogen) atoms. The van der Waals surface area contributed by atoms with Gasteiger partial charge in [0.2, 0.25) is 11.9 Å². The summed E-state index contributed by atoms with van der Waals surface area (Å²) in [6, 6.07) is 5.66. The molecule has 0 spiro atoms. The first-order valence-corrected chi connectivity index (χ1v) is 11.8. The fraction of sp³-hybridized carbons (Fsp3) is 0.462. The number of hydrogen-bond acceptors (Lipinski definition) is 5. The highest BCUT2D eigenvalue weighted by Crippen LogP contribution is 2.27. The number of allylic oxidation sites excluding steroid dienone is 1. The molecule has 0 N–H and O–H groups in total. The molecule has 0 bridgehead atoms. The molecule has 6 nitrogen and oxygen atoms in total. The molecule has 3 heterocycles. The van der Waals surface area contributed by atoms with Gasteiger partial charge in [-0.15, -0.1) is 0 Å². The lowest BCUT2D eigenvalue weighted by Crippen LogP contribution is -2.49. The van der Waals surface area contributed by atoms with Crippen LogP contribution in [0.2, 0.25) is 0 Å². The van der Waals surface area contributed by atoms with Gasteiger partial charge in [0, 0.05) is 50.6 Å². The number of benzene rings is 1. The van der Waals surface area contributed by atoms with E-state index in [9.17, 15) is 9.18 Å². The third kappa shape index (κ3) is 5.29. The number of aryl methyl sites for hydroxylation is 2. The number of anilines is 1. The fourth-order valence-electron chi connectivity index (χ4n) is 4.61. The number of nitrogens with zero attached hydrogens (tertiary/aromatic N) is 5. The third-order valence-corrected chi connectivity index (χ3v) is 6.52. The molecule has 0 aliphatic carbocycles. The molecule has 1 fully saturated rings. The van der Waals surface area contributed by atoms with E-state index in [1.54, 1.807) is 26.2 Å². The van der Waals surface area contributed by atoms with Gasteiger partial charge in [-0.25, -0.2) is 14.4 Å². The van der Waals surface area contributed by atoms with Crippen molar-refractivity contribution >= 4 is 17.6 Å². The number of halogens is 1. The number of carbonyl (C=O) groups is 1. The molecule has 7 heteroatoms. The van der Waals surface area contributed by atoms with Crippen LogP contribution in [0.4, 0.5) is 10.3 Å². The minimum atomic E-state index is -0.149. The Morgan fingerprint density at radius 3 is 2.39 bits per heavy atom. The monoisotopic (exact) mass is 449 g/mol. The van der Waals surface area contributed by atoms with Crippen LogP contribution in [0.5, 0.6) is 0 Å². The lowest BCUT2D eigenvalue weighted by atomic mass is 9.99. The van der Waals surface area contributed by atoms with E-state index in [-0.39, 0.29) is 17.8 Å². The average molecular weight is 450 g/mol. The molecule has 2 aliphatic rings. The van der Waals surface area contributed by atoms with E-state index in [0.29, 0.717) is 30.6 Å². The summed E-state index contributed by atoms with van der Waals surface area (Å²) in [5.74, 6) is 0.784. The highest BCUT2D eigenvalue weighted by Gasteiger charge is 2.24. The Bertz CT molecular complexity index is 1030. The second kappa shape index (κ2) is 10.2. The van der Waals surface area contributed by atoms with E-state index in [1.807, 2.05) is 23.1 Å². The molecule has 174 valence electrons. The quantitative estimate of drug-likeness (QED) is 0.634. The first-order valence-electron chi connectivity index (χ1n) is 11.8. The van der Waals surface area contributed by atoms with Crippen LogP contribution in [-0.4, -0.2) is 58.7 Å². The molecule has 1 unspecified atom stereocenters. The van der Waals surface area contributed by atoms with Crippen molar-refractivity contribution in [3.8, 4) is 0 Å². The van der Waals surface area contributed by atoms with Gasteiger partial charge in [-0.05, 0) is 74.1 Å². The standard InChI is InChI=1S/C26H32FN5O/c1-4-20-17-23(21-15-18(2)25(27)19(3)16-21)30-22(20)7-5-8-24(33)31-11-13-32(14-12-31)26-28-9-6-10-29-26/h6,9-10,15-17,22H,4-5,7-8,11-14H2,1-3H3. The van der Waals surface area contributed by atoms with Crippen LogP contribution < -0.4 is 4.90 Å². The maximum Gasteiger partial charge on any atom is 0.225 e. The van der Waals surface area contributed by atoms with Crippen molar-refractivity contribution in [3.63, 3.8) is 0 Å². The summed E-state index contributed by atoms with van der Waals surface area (Å²) >= 11 is 0. The normalized spacial score (nSPS) is 18.4. The van der Waals surface area contributed by atoms with Gasteiger partial charge >= 0.3 is 0 Å². The Hall–Kier alpha value is -3.09. The predicted octanol–water partition coefficient (Wildman–Crippen LogP) is 4.26. The molecule has 2 aromatic rings. The minimum absolute atomic E-state index is 0.107. The molecule has 2 aliphatic heterocycles. The van der Waals surface area contributed by atoms with Crippen molar-refractivity contribution in [2.45, 2.75) is 52.5 Å². The number of rotatable bonds is 7. The Kier molecular flexibility index (Phi) is 7.16.